The summed E-state index contributed by atoms with van der Waals surface area (Å²) in [5, 5.41) is 10.7. The first kappa shape index (κ1) is 37.8. The van der Waals surface area contributed by atoms with Gasteiger partial charge in [0.05, 0.1) is 18.9 Å². The molecule has 0 saturated heterocycles. The van der Waals surface area contributed by atoms with Crippen molar-refractivity contribution < 1.29 is 23.9 Å². The summed E-state index contributed by atoms with van der Waals surface area (Å²) in [5.41, 5.74) is 0.539. The van der Waals surface area contributed by atoms with Gasteiger partial charge in [0.15, 0.2) is 5.82 Å². The van der Waals surface area contributed by atoms with Crippen LogP contribution in [0.2, 0.25) is 0 Å². The third-order valence-corrected chi connectivity index (χ3v) is 8.44. The highest BCUT2D eigenvalue weighted by atomic mass is 16.5. The SMILES string of the molecule is CCOC(=O)C(CCn1cnc(NC(=O)[C@@H](CCCc2ccccc2)NC(=O)C(C)(C)NC(=O)CC(C)(C)C)c1)c1ccc2ccccc2c1. The molecule has 4 rings (SSSR count). The average molecular weight is 682 g/mol. The van der Waals surface area contributed by atoms with E-state index in [4.69, 9.17) is 4.74 Å². The standard InChI is InChI=1S/C40H51N5O5/c1-7-50-37(48)32(31-21-20-29-17-11-12-18-30(29)24-31)22-23-45-26-34(41-27-45)43-36(47)33(19-13-16-28-14-9-8-10-15-28)42-38(49)40(5,6)44-35(46)25-39(2,3)4/h8-12,14-15,17-18,20-21,24,26-27,32-33H,7,13,16,19,22-23,25H2,1-6H3,(H,42,49)(H,43,47)(H,44,46)/t32?,33-/m1/s1. The van der Waals surface area contributed by atoms with Gasteiger partial charge in [-0.25, -0.2) is 4.98 Å². The molecule has 1 aromatic heterocycles. The van der Waals surface area contributed by atoms with E-state index in [0.717, 1.165) is 28.3 Å². The quantitative estimate of drug-likeness (QED) is 0.115. The minimum Gasteiger partial charge on any atom is -0.466 e. The first-order chi connectivity index (χ1) is 23.7. The van der Waals surface area contributed by atoms with E-state index in [1.807, 2.05) is 98.1 Å². The molecule has 4 aromatic rings. The van der Waals surface area contributed by atoms with Gasteiger partial charge >= 0.3 is 5.97 Å². The lowest BCUT2D eigenvalue weighted by Crippen LogP contribution is -2.58. The molecule has 0 bridgehead atoms. The number of nitrogens with one attached hydrogen (secondary N) is 3. The lowest BCUT2D eigenvalue weighted by Gasteiger charge is -2.29. The van der Waals surface area contributed by atoms with E-state index in [0.29, 0.717) is 31.6 Å². The number of anilines is 1. The number of benzene rings is 3. The van der Waals surface area contributed by atoms with Crippen LogP contribution in [0.1, 0.15) is 84.3 Å². The van der Waals surface area contributed by atoms with Crippen molar-refractivity contribution in [2.75, 3.05) is 11.9 Å². The number of imidazole rings is 1. The van der Waals surface area contributed by atoms with Crippen LogP contribution >= 0.6 is 0 Å². The Bertz CT molecular complexity index is 1760. The van der Waals surface area contributed by atoms with Crippen LogP contribution in [0.3, 0.4) is 0 Å². The zero-order valence-corrected chi connectivity index (χ0v) is 30.1. The molecule has 10 heteroatoms. The van der Waals surface area contributed by atoms with Crippen LogP contribution in [0.5, 0.6) is 0 Å². The largest absolute Gasteiger partial charge is 0.466 e. The molecule has 10 nitrogen and oxygen atoms in total. The Balaban J connectivity index is 1.43. The molecule has 2 atom stereocenters. The molecule has 0 aliphatic rings. The Hall–Kier alpha value is -4.99. The summed E-state index contributed by atoms with van der Waals surface area (Å²) in [7, 11) is 0. The second-order valence-electron chi connectivity index (χ2n) is 14.5. The van der Waals surface area contributed by atoms with Gasteiger partial charge in [-0.1, -0.05) is 93.6 Å². The van der Waals surface area contributed by atoms with Gasteiger partial charge in [0, 0.05) is 19.2 Å². The monoisotopic (exact) mass is 681 g/mol. The number of ether oxygens (including phenoxy) is 1. The number of hydrogen-bond acceptors (Lipinski definition) is 6. The van der Waals surface area contributed by atoms with Crippen molar-refractivity contribution in [3.05, 3.63) is 96.4 Å². The zero-order valence-electron chi connectivity index (χ0n) is 30.1. The van der Waals surface area contributed by atoms with Crippen molar-refractivity contribution in [1.82, 2.24) is 20.2 Å². The van der Waals surface area contributed by atoms with Crippen LogP contribution in [-0.4, -0.2) is 51.4 Å². The molecule has 0 aliphatic carbocycles. The van der Waals surface area contributed by atoms with Crippen LogP contribution in [0, 0.1) is 5.41 Å². The molecule has 0 saturated carbocycles. The molecule has 1 heterocycles. The minimum atomic E-state index is -1.23. The molecular formula is C40H51N5O5. The van der Waals surface area contributed by atoms with Gasteiger partial charge in [0.1, 0.15) is 11.6 Å². The van der Waals surface area contributed by atoms with E-state index in [-0.39, 0.29) is 30.3 Å². The number of nitrogens with zero attached hydrogens (tertiary/aromatic N) is 2. The van der Waals surface area contributed by atoms with Crippen LogP contribution < -0.4 is 16.0 Å². The number of carbonyl (C=O) groups excluding carboxylic acids is 4. The molecule has 0 radical (unpaired) electrons. The molecule has 0 spiro atoms. The molecule has 1 unspecified atom stereocenters. The predicted molar refractivity (Wildman–Crippen MR) is 196 cm³/mol. The predicted octanol–water partition coefficient (Wildman–Crippen LogP) is 6.55. The lowest BCUT2D eigenvalue weighted by molar-refractivity contribution is -0.145. The zero-order chi connectivity index (χ0) is 36.3. The smallest absolute Gasteiger partial charge is 0.313 e. The van der Waals surface area contributed by atoms with E-state index in [1.165, 1.54) is 0 Å². The fraction of sp³-hybridized carbons (Fsp3) is 0.425. The highest BCUT2D eigenvalue weighted by Gasteiger charge is 2.34. The van der Waals surface area contributed by atoms with E-state index in [2.05, 4.69) is 20.9 Å². The van der Waals surface area contributed by atoms with Crippen molar-refractivity contribution in [1.29, 1.82) is 0 Å². The minimum absolute atomic E-state index is 0.237. The second kappa shape index (κ2) is 17.1. The Morgan fingerprint density at radius 3 is 2.28 bits per heavy atom. The topological polar surface area (TPSA) is 131 Å². The molecule has 0 fully saturated rings. The van der Waals surface area contributed by atoms with E-state index in [9.17, 15) is 19.2 Å². The highest BCUT2D eigenvalue weighted by Crippen LogP contribution is 2.27. The molecule has 266 valence electrons. The van der Waals surface area contributed by atoms with Gasteiger partial charge in [-0.2, -0.15) is 0 Å². The van der Waals surface area contributed by atoms with Crippen LogP contribution in [-0.2, 0) is 36.9 Å². The van der Waals surface area contributed by atoms with Crippen molar-refractivity contribution in [3.63, 3.8) is 0 Å². The lowest BCUT2D eigenvalue weighted by atomic mass is 9.91. The first-order valence-corrected chi connectivity index (χ1v) is 17.4. The summed E-state index contributed by atoms with van der Waals surface area (Å²) >= 11 is 0. The maximum absolute atomic E-state index is 13.6. The third kappa shape index (κ3) is 11.3. The van der Waals surface area contributed by atoms with Gasteiger partial charge in [0.25, 0.3) is 0 Å². The Morgan fingerprint density at radius 1 is 0.880 bits per heavy atom. The van der Waals surface area contributed by atoms with Crippen LogP contribution in [0.15, 0.2) is 85.3 Å². The fourth-order valence-corrected chi connectivity index (χ4v) is 5.82. The summed E-state index contributed by atoms with van der Waals surface area (Å²) in [6.45, 7) is 11.7. The number of fused-ring (bicyclic) bond motifs is 1. The summed E-state index contributed by atoms with van der Waals surface area (Å²) < 4.78 is 7.24. The molecule has 0 aliphatic heterocycles. The van der Waals surface area contributed by atoms with Crippen LogP contribution in [0.4, 0.5) is 5.82 Å². The Labute approximate surface area is 295 Å². The second-order valence-corrected chi connectivity index (χ2v) is 14.5. The van der Waals surface area contributed by atoms with Gasteiger partial charge in [-0.3, -0.25) is 19.2 Å². The van der Waals surface area contributed by atoms with E-state index in [1.54, 1.807) is 33.3 Å². The summed E-state index contributed by atoms with van der Waals surface area (Å²) in [5.74, 6) is -1.54. The van der Waals surface area contributed by atoms with Crippen LogP contribution in [0.25, 0.3) is 10.8 Å². The van der Waals surface area contributed by atoms with Gasteiger partial charge < -0.3 is 25.3 Å². The maximum Gasteiger partial charge on any atom is 0.313 e. The number of aryl methyl sites for hydroxylation is 2. The highest BCUT2D eigenvalue weighted by molar-refractivity contribution is 5.99. The average Bonchev–Trinajstić information content (AvgIpc) is 3.50. The molecular weight excluding hydrogens is 630 g/mol. The third-order valence-electron chi connectivity index (χ3n) is 8.44. The van der Waals surface area contributed by atoms with E-state index >= 15 is 0 Å². The van der Waals surface area contributed by atoms with Crippen molar-refractivity contribution in [2.45, 2.75) is 97.7 Å². The number of carbonyl (C=O) groups is 4. The van der Waals surface area contributed by atoms with Gasteiger partial charge in [0.2, 0.25) is 17.7 Å². The number of amides is 3. The number of esters is 1. The Morgan fingerprint density at radius 2 is 1.58 bits per heavy atom. The number of hydrogen-bond donors (Lipinski definition) is 3. The fourth-order valence-electron chi connectivity index (χ4n) is 5.82. The van der Waals surface area contributed by atoms with Gasteiger partial charge in [-0.15, -0.1) is 0 Å². The van der Waals surface area contributed by atoms with Gasteiger partial charge in [-0.05, 0) is 73.8 Å². The van der Waals surface area contributed by atoms with E-state index < -0.39 is 29.3 Å². The normalized spacial score (nSPS) is 12.9. The van der Waals surface area contributed by atoms with Crippen molar-refractivity contribution in [2.24, 2.45) is 5.41 Å². The first-order valence-electron chi connectivity index (χ1n) is 17.4. The van der Waals surface area contributed by atoms with Crippen molar-refractivity contribution in [3.8, 4) is 0 Å². The summed E-state index contributed by atoms with van der Waals surface area (Å²) in [6.07, 6.45) is 5.81. The molecule has 3 aromatic carbocycles. The van der Waals surface area contributed by atoms with Crippen molar-refractivity contribution >= 4 is 40.3 Å². The molecule has 3 amide bonds. The number of aromatic nitrogens is 2. The number of rotatable bonds is 16. The molecule has 50 heavy (non-hydrogen) atoms. The Kier molecular flexibility index (Phi) is 12.9. The summed E-state index contributed by atoms with van der Waals surface area (Å²) in [6, 6.07) is 23.1. The maximum atomic E-state index is 13.6. The summed E-state index contributed by atoms with van der Waals surface area (Å²) in [4.78, 5) is 57.1. The molecule has 3 N–H and O–H groups in total.